The Labute approximate surface area is 122 Å². The van der Waals surface area contributed by atoms with Gasteiger partial charge in [0, 0.05) is 12.8 Å². The number of carbonyl (C=O) groups excluding carboxylic acids is 1. The van der Waals surface area contributed by atoms with E-state index in [4.69, 9.17) is 4.74 Å². The highest BCUT2D eigenvalue weighted by Crippen LogP contribution is 2.23. The third-order valence-corrected chi connectivity index (χ3v) is 3.06. The van der Waals surface area contributed by atoms with E-state index in [-0.39, 0.29) is 11.3 Å². The number of phenols is 1. The first kappa shape index (κ1) is 15.0. The van der Waals surface area contributed by atoms with Crippen LogP contribution in [0.5, 0.6) is 5.75 Å². The number of halogens is 1. The second kappa shape index (κ2) is 6.85. The number of rotatable bonds is 5. The fourth-order valence-corrected chi connectivity index (χ4v) is 1.99. The van der Waals surface area contributed by atoms with Crippen molar-refractivity contribution in [1.29, 1.82) is 0 Å². The molecule has 0 aliphatic heterocycles. The molecule has 0 spiro atoms. The van der Waals surface area contributed by atoms with Gasteiger partial charge in [-0.15, -0.1) is 0 Å². The molecule has 110 valence electrons. The van der Waals surface area contributed by atoms with Crippen LogP contribution in [0.3, 0.4) is 0 Å². The van der Waals surface area contributed by atoms with Crippen LogP contribution >= 0.6 is 0 Å². The summed E-state index contributed by atoms with van der Waals surface area (Å²) in [5, 5.41) is 12.3. The minimum Gasteiger partial charge on any atom is -0.507 e. The van der Waals surface area contributed by atoms with E-state index in [1.807, 2.05) is 12.1 Å². The maximum atomic E-state index is 13.7. The van der Waals surface area contributed by atoms with E-state index >= 15 is 0 Å². The molecule has 0 aliphatic carbocycles. The van der Waals surface area contributed by atoms with Gasteiger partial charge in [-0.25, -0.2) is 4.39 Å². The van der Waals surface area contributed by atoms with Crippen LogP contribution in [0.4, 0.5) is 10.1 Å². The Morgan fingerprint density at radius 2 is 2.00 bits per heavy atom. The summed E-state index contributed by atoms with van der Waals surface area (Å²) in [6.45, 7) is 0.512. The van der Waals surface area contributed by atoms with Gasteiger partial charge in [-0.05, 0) is 30.2 Å². The molecule has 0 radical (unpaired) electrons. The number of hydrogen-bond donors (Lipinski definition) is 2. The van der Waals surface area contributed by atoms with Gasteiger partial charge in [0.25, 0.3) is 5.91 Å². The third kappa shape index (κ3) is 3.58. The Hall–Kier alpha value is -2.40. The zero-order chi connectivity index (χ0) is 15.2. The molecular formula is C16H16FNO3. The highest BCUT2D eigenvalue weighted by molar-refractivity contribution is 6.06. The maximum absolute atomic E-state index is 13.7. The summed E-state index contributed by atoms with van der Waals surface area (Å²) in [4.78, 5) is 12.1. The van der Waals surface area contributed by atoms with Crippen LogP contribution in [0.1, 0.15) is 15.9 Å². The molecule has 0 fully saturated rings. The van der Waals surface area contributed by atoms with E-state index in [0.717, 1.165) is 11.6 Å². The predicted molar refractivity (Wildman–Crippen MR) is 78.0 cm³/mol. The topological polar surface area (TPSA) is 58.6 Å². The molecule has 21 heavy (non-hydrogen) atoms. The molecule has 2 aromatic rings. The maximum Gasteiger partial charge on any atom is 0.262 e. The minimum atomic E-state index is -0.762. The highest BCUT2D eigenvalue weighted by atomic mass is 19.1. The van der Waals surface area contributed by atoms with Crippen molar-refractivity contribution in [3.63, 3.8) is 0 Å². The number of methoxy groups -OCH3 is 1. The fraction of sp³-hybridized carbons (Fsp3) is 0.188. The van der Waals surface area contributed by atoms with Gasteiger partial charge in [0.05, 0.1) is 6.61 Å². The molecule has 0 bridgehead atoms. The van der Waals surface area contributed by atoms with Crippen LogP contribution in [0.2, 0.25) is 0 Å². The van der Waals surface area contributed by atoms with E-state index in [1.54, 1.807) is 19.2 Å². The standard InChI is InChI=1S/C16H16FNO3/c1-21-10-9-11-5-2-3-7-13(11)18-16(20)15-12(17)6-4-8-14(15)19/h2-8,19H,9-10H2,1H3,(H,18,20). The summed E-state index contributed by atoms with van der Waals surface area (Å²) in [5.41, 5.74) is 1.09. The molecule has 5 heteroatoms. The van der Waals surface area contributed by atoms with Crippen LogP contribution in [0, 0.1) is 5.82 Å². The van der Waals surface area contributed by atoms with Gasteiger partial charge in [-0.1, -0.05) is 24.3 Å². The first-order valence-electron chi connectivity index (χ1n) is 6.49. The lowest BCUT2D eigenvalue weighted by Crippen LogP contribution is -2.15. The summed E-state index contributed by atoms with van der Waals surface area (Å²) >= 11 is 0. The Bertz CT molecular complexity index is 623. The molecule has 0 saturated heterocycles. The van der Waals surface area contributed by atoms with Crippen LogP contribution in [0.15, 0.2) is 42.5 Å². The Morgan fingerprint density at radius 3 is 2.71 bits per heavy atom. The van der Waals surface area contributed by atoms with Crippen LogP contribution in [0.25, 0.3) is 0 Å². The molecule has 0 aromatic heterocycles. The zero-order valence-corrected chi connectivity index (χ0v) is 11.6. The summed E-state index contributed by atoms with van der Waals surface area (Å²) in [6, 6.07) is 10.9. The number of hydrogen-bond acceptors (Lipinski definition) is 3. The van der Waals surface area contributed by atoms with E-state index in [1.165, 1.54) is 12.1 Å². The molecule has 0 heterocycles. The van der Waals surface area contributed by atoms with Gasteiger partial charge in [-0.2, -0.15) is 0 Å². The van der Waals surface area contributed by atoms with Gasteiger partial charge in [0.15, 0.2) is 0 Å². The van der Waals surface area contributed by atoms with Gasteiger partial charge < -0.3 is 15.2 Å². The Kier molecular flexibility index (Phi) is 4.90. The summed E-state index contributed by atoms with van der Waals surface area (Å²) < 4.78 is 18.7. The van der Waals surface area contributed by atoms with Crippen molar-refractivity contribution >= 4 is 11.6 Å². The van der Waals surface area contributed by atoms with Gasteiger partial charge in [0.2, 0.25) is 0 Å². The smallest absolute Gasteiger partial charge is 0.262 e. The molecule has 1 amide bonds. The van der Waals surface area contributed by atoms with E-state index in [2.05, 4.69) is 5.32 Å². The second-order valence-corrected chi connectivity index (χ2v) is 4.49. The van der Waals surface area contributed by atoms with Gasteiger partial charge in [0.1, 0.15) is 17.1 Å². The van der Waals surface area contributed by atoms with Crippen molar-refractivity contribution in [2.75, 3.05) is 19.0 Å². The SMILES string of the molecule is COCCc1ccccc1NC(=O)c1c(O)cccc1F. The molecule has 2 aromatic carbocycles. The lowest BCUT2D eigenvalue weighted by Gasteiger charge is -2.12. The van der Waals surface area contributed by atoms with Crippen molar-refractivity contribution in [2.45, 2.75) is 6.42 Å². The van der Waals surface area contributed by atoms with Crippen molar-refractivity contribution in [1.82, 2.24) is 0 Å². The number of anilines is 1. The predicted octanol–water partition coefficient (Wildman–Crippen LogP) is 2.97. The first-order valence-corrected chi connectivity index (χ1v) is 6.49. The third-order valence-electron chi connectivity index (χ3n) is 3.06. The number of amides is 1. The molecule has 0 atom stereocenters. The molecular weight excluding hydrogens is 273 g/mol. The number of para-hydroxylation sites is 1. The van der Waals surface area contributed by atoms with E-state index < -0.39 is 11.7 Å². The number of ether oxygens (including phenoxy) is 1. The van der Waals surface area contributed by atoms with E-state index in [0.29, 0.717) is 18.7 Å². The monoisotopic (exact) mass is 289 g/mol. The highest BCUT2D eigenvalue weighted by Gasteiger charge is 2.17. The summed E-state index contributed by atoms with van der Waals surface area (Å²) in [7, 11) is 1.60. The Balaban J connectivity index is 2.24. The number of phenolic OH excluding ortho intramolecular Hbond substituents is 1. The minimum absolute atomic E-state index is 0.362. The number of carbonyl (C=O) groups is 1. The normalized spacial score (nSPS) is 10.4. The van der Waals surface area contributed by atoms with E-state index in [9.17, 15) is 14.3 Å². The fourth-order valence-electron chi connectivity index (χ4n) is 1.99. The quantitative estimate of drug-likeness (QED) is 0.889. The van der Waals surface area contributed by atoms with Crippen molar-refractivity contribution in [3.05, 3.63) is 59.4 Å². The summed E-state index contributed by atoms with van der Waals surface area (Å²) in [6.07, 6.45) is 0.621. The number of nitrogens with one attached hydrogen (secondary N) is 1. The molecule has 0 saturated carbocycles. The number of aromatic hydroxyl groups is 1. The lowest BCUT2D eigenvalue weighted by molar-refractivity contribution is 0.102. The van der Waals surface area contributed by atoms with Crippen LogP contribution < -0.4 is 5.32 Å². The molecule has 0 unspecified atom stereocenters. The van der Waals surface area contributed by atoms with Crippen molar-refractivity contribution in [2.24, 2.45) is 0 Å². The van der Waals surface area contributed by atoms with Crippen molar-refractivity contribution < 1.29 is 19.0 Å². The lowest BCUT2D eigenvalue weighted by atomic mass is 10.1. The average molecular weight is 289 g/mol. The number of benzene rings is 2. The Morgan fingerprint density at radius 1 is 1.24 bits per heavy atom. The molecule has 2 N–H and O–H groups in total. The zero-order valence-electron chi connectivity index (χ0n) is 11.6. The van der Waals surface area contributed by atoms with Gasteiger partial charge in [-0.3, -0.25) is 4.79 Å². The molecule has 0 aliphatic rings. The average Bonchev–Trinajstić information content (AvgIpc) is 2.46. The van der Waals surface area contributed by atoms with Crippen LogP contribution in [-0.2, 0) is 11.2 Å². The van der Waals surface area contributed by atoms with Crippen molar-refractivity contribution in [3.8, 4) is 5.75 Å². The van der Waals surface area contributed by atoms with Crippen LogP contribution in [-0.4, -0.2) is 24.7 Å². The second-order valence-electron chi connectivity index (χ2n) is 4.49. The summed E-state index contributed by atoms with van der Waals surface area (Å²) in [5.74, 6) is -1.83. The molecule has 2 rings (SSSR count). The molecule has 4 nitrogen and oxygen atoms in total. The largest absolute Gasteiger partial charge is 0.507 e. The first-order chi connectivity index (χ1) is 10.1. The van der Waals surface area contributed by atoms with Gasteiger partial charge >= 0.3 is 0 Å².